The highest BCUT2D eigenvalue weighted by Crippen LogP contribution is 2.41. The van der Waals surface area contributed by atoms with Gasteiger partial charge in [0.25, 0.3) is 0 Å². The zero-order valence-corrected chi connectivity index (χ0v) is 13.7. The maximum atomic E-state index is 3.73. The number of aryl methyl sites for hydroxylation is 1. The van der Waals surface area contributed by atoms with E-state index < -0.39 is 0 Å². The van der Waals surface area contributed by atoms with Crippen LogP contribution in [-0.2, 0) is 5.41 Å². The average molecular weight is 273 g/mol. The van der Waals surface area contributed by atoms with Crippen LogP contribution >= 0.6 is 0 Å². The molecule has 0 aromatic heterocycles. The summed E-state index contributed by atoms with van der Waals surface area (Å²) in [5, 5.41) is 3.73. The standard InChI is InChI=1S/C19H31N/c1-15(2)13-20-14-19(10-8-16(3)9-11-19)18-7-5-6-17(4)12-18/h5-7,12,15-16,20H,8-11,13-14H2,1-4H3. The molecule has 1 heteroatoms. The topological polar surface area (TPSA) is 12.0 Å². The molecule has 2 rings (SSSR count). The molecular formula is C19H31N. The molecule has 0 saturated heterocycles. The predicted octanol–water partition coefficient (Wildman–Crippen LogP) is 4.69. The van der Waals surface area contributed by atoms with Crippen LogP contribution in [0.5, 0.6) is 0 Å². The molecule has 1 aromatic carbocycles. The van der Waals surface area contributed by atoms with E-state index in [1.807, 2.05) is 0 Å². The van der Waals surface area contributed by atoms with Crippen LogP contribution in [0.25, 0.3) is 0 Å². The van der Waals surface area contributed by atoms with Crippen molar-refractivity contribution in [2.45, 2.75) is 58.8 Å². The van der Waals surface area contributed by atoms with E-state index in [0.717, 1.165) is 24.9 Å². The van der Waals surface area contributed by atoms with Crippen LogP contribution in [0.3, 0.4) is 0 Å². The van der Waals surface area contributed by atoms with Gasteiger partial charge in [0.1, 0.15) is 0 Å². The summed E-state index contributed by atoms with van der Waals surface area (Å²) < 4.78 is 0. The highest BCUT2D eigenvalue weighted by molar-refractivity contribution is 5.31. The van der Waals surface area contributed by atoms with Crippen LogP contribution in [0.2, 0.25) is 0 Å². The van der Waals surface area contributed by atoms with E-state index in [1.54, 1.807) is 5.56 Å². The highest BCUT2D eigenvalue weighted by Gasteiger charge is 2.35. The van der Waals surface area contributed by atoms with E-state index in [-0.39, 0.29) is 0 Å². The van der Waals surface area contributed by atoms with Gasteiger partial charge in [0.15, 0.2) is 0 Å². The molecule has 112 valence electrons. The lowest BCUT2D eigenvalue weighted by atomic mass is 9.66. The van der Waals surface area contributed by atoms with Crippen LogP contribution in [0, 0.1) is 18.8 Å². The van der Waals surface area contributed by atoms with Crippen molar-refractivity contribution in [3.05, 3.63) is 35.4 Å². The quantitative estimate of drug-likeness (QED) is 0.820. The highest BCUT2D eigenvalue weighted by atomic mass is 14.9. The molecule has 1 fully saturated rings. The molecule has 1 aliphatic rings. The first-order valence-electron chi connectivity index (χ1n) is 8.30. The van der Waals surface area contributed by atoms with Gasteiger partial charge in [0.2, 0.25) is 0 Å². The minimum Gasteiger partial charge on any atom is -0.316 e. The molecule has 0 spiro atoms. The average Bonchev–Trinajstić information content (AvgIpc) is 2.41. The molecular weight excluding hydrogens is 242 g/mol. The van der Waals surface area contributed by atoms with Crippen LogP contribution < -0.4 is 5.32 Å². The fourth-order valence-electron chi connectivity index (χ4n) is 3.46. The second-order valence-electron chi connectivity index (χ2n) is 7.36. The molecule has 0 bridgehead atoms. The molecule has 1 saturated carbocycles. The molecule has 1 N–H and O–H groups in total. The Kier molecular flexibility index (Phi) is 5.26. The van der Waals surface area contributed by atoms with Gasteiger partial charge in [-0.15, -0.1) is 0 Å². The van der Waals surface area contributed by atoms with Crippen LogP contribution in [-0.4, -0.2) is 13.1 Å². The van der Waals surface area contributed by atoms with E-state index in [4.69, 9.17) is 0 Å². The molecule has 20 heavy (non-hydrogen) atoms. The first-order chi connectivity index (χ1) is 9.52. The zero-order valence-electron chi connectivity index (χ0n) is 13.7. The summed E-state index contributed by atoms with van der Waals surface area (Å²) in [4.78, 5) is 0. The van der Waals surface area contributed by atoms with E-state index in [1.165, 1.54) is 31.2 Å². The van der Waals surface area contributed by atoms with Crippen LogP contribution in [0.15, 0.2) is 24.3 Å². The first-order valence-corrected chi connectivity index (χ1v) is 8.30. The summed E-state index contributed by atoms with van der Waals surface area (Å²) in [6, 6.07) is 9.20. The van der Waals surface area contributed by atoms with Crippen molar-refractivity contribution >= 4 is 0 Å². The largest absolute Gasteiger partial charge is 0.316 e. The number of benzene rings is 1. The van der Waals surface area contributed by atoms with E-state index in [9.17, 15) is 0 Å². The summed E-state index contributed by atoms with van der Waals surface area (Å²) >= 11 is 0. The van der Waals surface area contributed by atoms with Gasteiger partial charge in [0, 0.05) is 12.0 Å². The Morgan fingerprint density at radius 2 is 1.95 bits per heavy atom. The molecule has 0 heterocycles. The summed E-state index contributed by atoms with van der Waals surface area (Å²) in [5.74, 6) is 1.63. The third kappa shape index (κ3) is 3.85. The zero-order chi connectivity index (χ0) is 14.6. The molecule has 0 unspecified atom stereocenters. The van der Waals surface area contributed by atoms with Crippen LogP contribution in [0.4, 0.5) is 0 Å². The molecule has 0 amide bonds. The van der Waals surface area contributed by atoms with Gasteiger partial charge in [-0.3, -0.25) is 0 Å². The summed E-state index contributed by atoms with van der Waals surface area (Å²) in [7, 11) is 0. The molecule has 1 aliphatic carbocycles. The predicted molar refractivity (Wildman–Crippen MR) is 88.2 cm³/mol. The Balaban J connectivity index is 2.15. The number of hydrogen-bond donors (Lipinski definition) is 1. The maximum Gasteiger partial charge on any atom is 0.00780 e. The Bertz CT molecular complexity index is 414. The second kappa shape index (κ2) is 6.76. The molecule has 0 atom stereocenters. The van der Waals surface area contributed by atoms with Gasteiger partial charge < -0.3 is 5.32 Å². The van der Waals surface area contributed by atoms with Crippen molar-refractivity contribution < 1.29 is 0 Å². The Hall–Kier alpha value is -0.820. The Morgan fingerprint density at radius 3 is 2.55 bits per heavy atom. The molecule has 1 aromatic rings. The minimum absolute atomic E-state index is 0.368. The normalized spacial score (nSPS) is 26.9. The SMILES string of the molecule is Cc1cccc(C2(CNCC(C)C)CCC(C)CC2)c1. The Labute approximate surface area is 125 Å². The first kappa shape index (κ1) is 15.6. The second-order valence-corrected chi connectivity index (χ2v) is 7.36. The van der Waals surface area contributed by atoms with Crippen molar-refractivity contribution in [3.8, 4) is 0 Å². The maximum absolute atomic E-state index is 3.73. The summed E-state index contributed by atoms with van der Waals surface area (Å²) in [6.07, 6.45) is 5.42. The van der Waals surface area contributed by atoms with Gasteiger partial charge in [-0.1, -0.05) is 50.6 Å². The Morgan fingerprint density at radius 1 is 1.25 bits per heavy atom. The minimum atomic E-state index is 0.368. The fourth-order valence-corrected chi connectivity index (χ4v) is 3.46. The smallest absolute Gasteiger partial charge is 0.00780 e. The molecule has 0 radical (unpaired) electrons. The lowest BCUT2D eigenvalue weighted by molar-refractivity contribution is 0.231. The molecule has 0 aliphatic heterocycles. The lowest BCUT2D eigenvalue weighted by Gasteiger charge is -2.40. The van der Waals surface area contributed by atoms with Crippen molar-refractivity contribution in [3.63, 3.8) is 0 Å². The van der Waals surface area contributed by atoms with Crippen molar-refractivity contribution in [1.82, 2.24) is 5.32 Å². The van der Waals surface area contributed by atoms with Crippen LogP contribution in [0.1, 0.15) is 57.6 Å². The summed E-state index contributed by atoms with van der Waals surface area (Å²) in [6.45, 7) is 11.5. The monoisotopic (exact) mass is 273 g/mol. The third-order valence-corrected chi connectivity index (χ3v) is 4.88. The van der Waals surface area contributed by atoms with E-state index >= 15 is 0 Å². The summed E-state index contributed by atoms with van der Waals surface area (Å²) in [5.41, 5.74) is 3.32. The third-order valence-electron chi connectivity index (χ3n) is 4.88. The van der Waals surface area contributed by atoms with Gasteiger partial charge in [-0.05, 0) is 56.6 Å². The number of hydrogen-bond acceptors (Lipinski definition) is 1. The van der Waals surface area contributed by atoms with Gasteiger partial charge in [0.05, 0.1) is 0 Å². The van der Waals surface area contributed by atoms with Crippen molar-refractivity contribution in [2.75, 3.05) is 13.1 Å². The lowest BCUT2D eigenvalue weighted by Crippen LogP contribution is -2.42. The van der Waals surface area contributed by atoms with E-state index in [2.05, 4.69) is 57.3 Å². The van der Waals surface area contributed by atoms with Gasteiger partial charge in [-0.2, -0.15) is 0 Å². The van der Waals surface area contributed by atoms with Gasteiger partial charge in [-0.25, -0.2) is 0 Å². The van der Waals surface area contributed by atoms with Crippen molar-refractivity contribution in [1.29, 1.82) is 0 Å². The van der Waals surface area contributed by atoms with E-state index in [0.29, 0.717) is 5.41 Å². The fraction of sp³-hybridized carbons (Fsp3) is 0.684. The van der Waals surface area contributed by atoms with Crippen molar-refractivity contribution in [2.24, 2.45) is 11.8 Å². The number of rotatable bonds is 5. The van der Waals surface area contributed by atoms with Gasteiger partial charge >= 0.3 is 0 Å². The molecule has 1 nitrogen and oxygen atoms in total. The number of nitrogens with one attached hydrogen (secondary N) is 1.